The summed E-state index contributed by atoms with van der Waals surface area (Å²) in [6, 6.07) is 8.73. The molecule has 1 aromatic rings. The van der Waals surface area contributed by atoms with Gasteiger partial charge in [-0.2, -0.15) is 0 Å². The summed E-state index contributed by atoms with van der Waals surface area (Å²) in [5.74, 6) is 0. The van der Waals surface area contributed by atoms with Gasteiger partial charge in [-0.05, 0) is 50.3 Å². The van der Waals surface area contributed by atoms with Crippen LogP contribution in [-0.4, -0.2) is 65.4 Å². The van der Waals surface area contributed by atoms with Crippen LogP contribution >= 0.6 is 0 Å². The molecule has 0 radical (unpaired) electrons. The molecule has 0 aromatic heterocycles. The normalized spacial score (nSPS) is 26.4. The molecule has 2 N–H and O–H groups in total. The number of likely N-dealkylation sites (tertiary alicyclic amines) is 2. The minimum atomic E-state index is -0.0819. The summed E-state index contributed by atoms with van der Waals surface area (Å²) in [6.07, 6.45) is 3.72. The number of hydrogen-bond donors (Lipinski definition) is 2. The number of nitrogens with zero attached hydrogens (tertiary/aromatic N) is 2. The Labute approximate surface area is 139 Å². The molecule has 4 nitrogen and oxygen atoms in total. The van der Waals surface area contributed by atoms with Gasteiger partial charge in [-0.15, -0.1) is 0 Å². The van der Waals surface area contributed by atoms with E-state index in [1.807, 2.05) is 0 Å². The first kappa shape index (κ1) is 16.9. The number of hydrogen-bond acceptors (Lipinski definition) is 4. The smallest absolute Gasteiger partial charge is 0.0609 e. The number of rotatable bonds is 5. The number of piperidine rings is 1. The Morgan fingerprint density at radius 1 is 1.13 bits per heavy atom. The first-order valence-electron chi connectivity index (χ1n) is 8.88. The zero-order valence-electron chi connectivity index (χ0n) is 14.2. The molecule has 128 valence electrons. The van der Waals surface area contributed by atoms with Crippen LogP contribution in [0.3, 0.4) is 0 Å². The van der Waals surface area contributed by atoms with Crippen LogP contribution in [0, 0.1) is 12.3 Å². The third kappa shape index (κ3) is 3.94. The highest BCUT2D eigenvalue weighted by atomic mass is 16.3. The van der Waals surface area contributed by atoms with Crippen LogP contribution in [-0.2, 0) is 6.54 Å². The van der Waals surface area contributed by atoms with Crippen molar-refractivity contribution in [1.29, 1.82) is 0 Å². The van der Waals surface area contributed by atoms with Crippen LogP contribution in [0.4, 0.5) is 0 Å². The lowest BCUT2D eigenvalue weighted by Gasteiger charge is -2.41. The van der Waals surface area contributed by atoms with Crippen LogP contribution in [0.25, 0.3) is 0 Å². The number of aliphatic hydroxyl groups is 2. The molecular weight excluding hydrogens is 288 g/mol. The van der Waals surface area contributed by atoms with Gasteiger partial charge in [0, 0.05) is 19.6 Å². The van der Waals surface area contributed by atoms with Crippen molar-refractivity contribution in [2.45, 2.75) is 38.8 Å². The molecule has 23 heavy (non-hydrogen) atoms. The Morgan fingerprint density at radius 3 is 2.70 bits per heavy atom. The van der Waals surface area contributed by atoms with E-state index < -0.39 is 0 Å². The van der Waals surface area contributed by atoms with Gasteiger partial charge >= 0.3 is 0 Å². The second kappa shape index (κ2) is 7.31. The summed E-state index contributed by atoms with van der Waals surface area (Å²) in [4.78, 5) is 4.88. The number of benzene rings is 1. The minimum absolute atomic E-state index is 0.0551. The molecule has 3 rings (SSSR count). The van der Waals surface area contributed by atoms with Gasteiger partial charge in [0.05, 0.1) is 19.3 Å². The monoisotopic (exact) mass is 318 g/mol. The summed E-state index contributed by atoms with van der Waals surface area (Å²) >= 11 is 0. The molecule has 2 fully saturated rings. The van der Waals surface area contributed by atoms with Crippen LogP contribution in [0.5, 0.6) is 0 Å². The molecule has 0 bridgehead atoms. The molecule has 0 amide bonds. The van der Waals surface area contributed by atoms with E-state index in [1.54, 1.807) is 0 Å². The topological polar surface area (TPSA) is 46.9 Å². The van der Waals surface area contributed by atoms with E-state index >= 15 is 0 Å². The van der Waals surface area contributed by atoms with Crippen molar-refractivity contribution in [2.75, 3.05) is 39.4 Å². The molecule has 1 spiro atoms. The van der Waals surface area contributed by atoms with E-state index in [0.29, 0.717) is 5.41 Å². The van der Waals surface area contributed by atoms with Crippen molar-refractivity contribution in [1.82, 2.24) is 9.80 Å². The molecule has 2 aliphatic heterocycles. The van der Waals surface area contributed by atoms with Crippen molar-refractivity contribution < 1.29 is 10.2 Å². The van der Waals surface area contributed by atoms with E-state index in [9.17, 15) is 10.2 Å². The Bertz CT molecular complexity index is 518. The highest BCUT2D eigenvalue weighted by molar-refractivity contribution is 5.22. The summed E-state index contributed by atoms with van der Waals surface area (Å²) in [5.41, 5.74) is 3.08. The number of aryl methyl sites for hydroxylation is 1. The van der Waals surface area contributed by atoms with Crippen molar-refractivity contribution in [3.63, 3.8) is 0 Å². The van der Waals surface area contributed by atoms with Gasteiger partial charge in [-0.3, -0.25) is 9.80 Å². The van der Waals surface area contributed by atoms with Crippen molar-refractivity contribution >= 4 is 0 Å². The fraction of sp³-hybridized carbons (Fsp3) is 0.684. The number of aliphatic hydroxyl groups excluding tert-OH is 2. The molecule has 2 saturated heterocycles. The SMILES string of the molecule is Cc1cccc(CN2CCC[C@]3(CCN(C(CO)CO)C3)C2)c1. The maximum atomic E-state index is 9.43. The lowest BCUT2D eigenvalue weighted by molar-refractivity contribution is 0.0556. The molecule has 0 aliphatic carbocycles. The molecular formula is C19H30N2O2. The summed E-state index contributed by atoms with van der Waals surface area (Å²) in [5, 5.41) is 18.9. The highest BCUT2D eigenvalue weighted by Crippen LogP contribution is 2.40. The zero-order chi connectivity index (χ0) is 16.3. The molecule has 2 heterocycles. The molecule has 2 aliphatic rings. The standard InChI is InChI=1S/C19H30N2O2/c1-16-4-2-5-17(10-16)11-20-8-3-6-19(14-20)7-9-21(15-19)18(12-22)13-23/h2,4-5,10,18,22-23H,3,6-9,11-15H2,1H3/t19-/m0/s1. The quantitative estimate of drug-likeness (QED) is 0.866. The van der Waals surface area contributed by atoms with Crippen LogP contribution in [0.15, 0.2) is 24.3 Å². The lowest BCUT2D eigenvalue weighted by atomic mass is 9.79. The van der Waals surface area contributed by atoms with E-state index in [2.05, 4.69) is 41.0 Å². The minimum Gasteiger partial charge on any atom is -0.395 e. The Kier molecular flexibility index (Phi) is 5.37. The van der Waals surface area contributed by atoms with Gasteiger partial charge in [0.25, 0.3) is 0 Å². The second-order valence-corrected chi connectivity index (χ2v) is 7.54. The van der Waals surface area contributed by atoms with Gasteiger partial charge in [-0.25, -0.2) is 0 Å². The maximum Gasteiger partial charge on any atom is 0.0609 e. The van der Waals surface area contributed by atoms with Gasteiger partial charge in [0.1, 0.15) is 0 Å². The van der Waals surface area contributed by atoms with Gasteiger partial charge < -0.3 is 10.2 Å². The second-order valence-electron chi connectivity index (χ2n) is 7.54. The third-order valence-electron chi connectivity index (χ3n) is 5.63. The molecule has 4 heteroatoms. The van der Waals surface area contributed by atoms with Gasteiger partial charge in [-0.1, -0.05) is 29.8 Å². The fourth-order valence-electron chi connectivity index (χ4n) is 4.42. The van der Waals surface area contributed by atoms with E-state index in [4.69, 9.17) is 0 Å². The van der Waals surface area contributed by atoms with Crippen molar-refractivity contribution in [3.05, 3.63) is 35.4 Å². The predicted octanol–water partition coefficient (Wildman–Crippen LogP) is 1.64. The van der Waals surface area contributed by atoms with Crippen LogP contribution in [0.2, 0.25) is 0 Å². The van der Waals surface area contributed by atoms with E-state index in [-0.39, 0.29) is 19.3 Å². The Hall–Kier alpha value is -0.940. The first-order valence-corrected chi connectivity index (χ1v) is 8.88. The van der Waals surface area contributed by atoms with Crippen LogP contribution < -0.4 is 0 Å². The highest BCUT2D eigenvalue weighted by Gasteiger charge is 2.42. The summed E-state index contributed by atoms with van der Waals surface area (Å²) in [6.45, 7) is 7.64. The molecule has 1 atom stereocenters. The first-order chi connectivity index (χ1) is 11.1. The lowest BCUT2D eigenvalue weighted by Crippen LogP contribution is -2.46. The van der Waals surface area contributed by atoms with Crippen molar-refractivity contribution in [2.24, 2.45) is 5.41 Å². The molecule has 0 unspecified atom stereocenters. The third-order valence-corrected chi connectivity index (χ3v) is 5.63. The van der Waals surface area contributed by atoms with Crippen LogP contribution in [0.1, 0.15) is 30.4 Å². The maximum absolute atomic E-state index is 9.43. The molecule has 0 saturated carbocycles. The zero-order valence-corrected chi connectivity index (χ0v) is 14.2. The average Bonchev–Trinajstić information content (AvgIpc) is 2.92. The molecule has 1 aromatic carbocycles. The van der Waals surface area contributed by atoms with Crippen molar-refractivity contribution in [3.8, 4) is 0 Å². The summed E-state index contributed by atoms with van der Waals surface area (Å²) in [7, 11) is 0. The Morgan fingerprint density at radius 2 is 1.96 bits per heavy atom. The largest absolute Gasteiger partial charge is 0.395 e. The van der Waals surface area contributed by atoms with E-state index in [1.165, 1.54) is 36.9 Å². The average molecular weight is 318 g/mol. The summed E-state index contributed by atoms with van der Waals surface area (Å²) < 4.78 is 0. The predicted molar refractivity (Wildman–Crippen MR) is 92.3 cm³/mol. The van der Waals surface area contributed by atoms with Gasteiger partial charge in [0.2, 0.25) is 0 Å². The van der Waals surface area contributed by atoms with E-state index in [0.717, 1.165) is 26.2 Å². The van der Waals surface area contributed by atoms with Gasteiger partial charge in [0.15, 0.2) is 0 Å². The Balaban J connectivity index is 1.62. The fourth-order valence-corrected chi connectivity index (χ4v) is 4.42.